The second kappa shape index (κ2) is 4.67. The summed E-state index contributed by atoms with van der Waals surface area (Å²) < 4.78 is 0. The van der Waals surface area contributed by atoms with Crippen LogP contribution in [0.4, 0.5) is 0 Å². The number of amides is 1. The average molecular weight is 264 g/mol. The number of carbonyl (C=O) groups excluding carboxylic acids is 1. The van der Waals surface area contributed by atoms with Gasteiger partial charge >= 0.3 is 0 Å². The van der Waals surface area contributed by atoms with Gasteiger partial charge < -0.3 is 11.1 Å². The molecule has 1 aromatic rings. The van der Waals surface area contributed by atoms with Crippen molar-refractivity contribution >= 4 is 17.2 Å². The molecule has 0 spiro atoms. The first-order chi connectivity index (χ1) is 8.65. The predicted octanol–water partition coefficient (Wildman–Crippen LogP) is 2.05. The number of nitrogens with two attached hydrogens (primary N) is 1. The van der Waals surface area contributed by atoms with E-state index in [2.05, 4.69) is 24.4 Å². The summed E-state index contributed by atoms with van der Waals surface area (Å²) in [6, 6.07) is 4.27. The van der Waals surface area contributed by atoms with E-state index in [9.17, 15) is 4.79 Å². The molecule has 4 heteroatoms. The number of aryl methyl sites for hydroxylation is 1. The van der Waals surface area contributed by atoms with Crippen molar-refractivity contribution in [2.24, 2.45) is 23.5 Å². The summed E-state index contributed by atoms with van der Waals surface area (Å²) in [5, 5.41) is 3.06. The Kier molecular flexibility index (Phi) is 3.16. The average Bonchev–Trinajstić information content (AvgIpc) is 3.02. The van der Waals surface area contributed by atoms with Crippen LogP contribution < -0.4 is 11.1 Å². The number of rotatable bonds is 3. The number of thiophene rings is 1. The van der Waals surface area contributed by atoms with Gasteiger partial charge in [-0.1, -0.05) is 0 Å². The summed E-state index contributed by atoms with van der Waals surface area (Å²) in [6.45, 7) is 2.74. The van der Waals surface area contributed by atoms with Gasteiger partial charge in [-0.2, -0.15) is 0 Å². The van der Waals surface area contributed by atoms with E-state index in [1.807, 2.05) is 0 Å². The Labute approximate surface area is 112 Å². The van der Waals surface area contributed by atoms with Gasteiger partial charge in [0.1, 0.15) is 0 Å². The Morgan fingerprint density at radius 1 is 1.44 bits per heavy atom. The largest absolute Gasteiger partial charge is 0.351 e. The van der Waals surface area contributed by atoms with Crippen molar-refractivity contribution in [3.63, 3.8) is 0 Å². The molecule has 0 aromatic carbocycles. The van der Waals surface area contributed by atoms with Gasteiger partial charge in [-0.25, -0.2) is 0 Å². The fraction of sp³-hybridized carbons (Fsp3) is 0.643. The van der Waals surface area contributed by atoms with Crippen molar-refractivity contribution < 1.29 is 4.79 Å². The molecule has 2 bridgehead atoms. The molecule has 2 aliphatic rings. The summed E-state index contributed by atoms with van der Waals surface area (Å²) in [5.41, 5.74) is 6.18. The predicted molar refractivity (Wildman–Crippen MR) is 73.2 cm³/mol. The molecule has 2 fully saturated rings. The number of fused-ring (bicyclic) bond motifs is 2. The highest BCUT2D eigenvalue weighted by Crippen LogP contribution is 2.47. The number of nitrogens with one attached hydrogen (secondary N) is 1. The molecule has 4 unspecified atom stereocenters. The highest BCUT2D eigenvalue weighted by Gasteiger charge is 2.48. The van der Waals surface area contributed by atoms with Gasteiger partial charge in [0.15, 0.2) is 0 Å². The van der Waals surface area contributed by atoms with Crippen LogP contribution in [0.5, 0.6) is 0 Å². The van der Waals surface area contributed by atoms with Crippen molar-refractivity contribution in [2.75, 3.05) is 0 Å². The van der Waals surface area contributed by atoms with Gasteiger partial charge in [0.2, 0.25) is 5.91 Å². The van der Waals surface area contributed by atoms with Crippen LogP contribution >= 0.6 is 11.3 Å². The van der Waals surface area contributed by atoms with E-state index in [0.717, 1.165) is 6.42 Å². The monoisotopic (exact) mass is 264 g/mol. The minimum Gasteiger partial charge on any atom is -0.351 e. The van der Waals surface area contributed by atoms with Crippen molar-refractivity contribution in [1.29, 1.82) is 0 Å². The fourth-order valence-electron chi connectivity index (χ4n) is 3.60. The zero-order valence-electron chi connectivity index (χ0n) is 10.7. The SMILES string of the molecule is Cc1ccc(CNC(=O)C2C3CCC(C3)C2N)s1. The lowest BCUT2D eigenvalue weighted by molar-refractivity contribution is -0.127. The molecule has 98 valence electrons. The molecule has 3 rings (SSSR count). The third-order valence-electron chi connectivity index (χ3n) is 4.52. The minimum absolute atomic E-state index is 0.0600. The van der Waals surface area contributed by atoms with E-state index in [0.29, 0.717) is 18.4 Å². The summed E-state index contributed by atoms with van der Waals surface area (Å²) in [4.78, 5) is 14.7. The van der Waals surface area contributed by atoms with Crippen LogP contribution in [0.3, 0.4) is 0 Å². The van der Waals surface area contributed by atoms with Crippen LogP contribution in [0.15, 0.2) is 12.1 Å². The zero-order chi connectivity index (χ0) is 12.7. The Balaban J connectivity index is 1.59. The van der Waals surface area contributed by atoms with Gasteiger partial charge in [0.05, 0.1) is 12.5 Å². The molecule has 0 radical (unpaired) electrons. The van der Waals surface area contributed by atoms with Crippen molar-refractivity contribution in [1.82, 2.24) is 5.32 Å². The second-order valence-electron chi connectivity index (χ2n) is 5.67. The first-order valence-electron chi connectivity index (χ1n) is 6.74. The van der Waals surface area contributed by atoms with Crippen molar-refractivity contribution in [3.8, 4) is 0 Å². The molecule has 1 aromatic heterocycles. The summed E-state index contributed by atoms with van der Waals surface area (Å²) in [7, 11) is 0. The molecule has 3 N–H and O–H groups in total. The maximum absolute atomic E-state index is 12.2. The van der Waals surface area contributed by atoms with Crippen molar-refractivity contribution in [3.05, 3.63) is 21.9 Å². The highest BCUT2D eigenvalue weighted by atomic mass is 32.1. The molecular formula is C14H20N2OS. The van der Waals surface area contributed by atoms with Crippen molar-refractivity contribution in [2.45, 2.75) is 38.8 Å². The van der Waals surface area contributed by atoms with E-state index in [-0.39, 0.29) is 17.9 Å². The van der Waals surface area contributed by atoms with E-state index in [1.54, 1.807) is 11.3 Å². The van der Waals surface area contributed by atoms with Gasteiger partial charge in [-0.15, -0.1) is 11.3 Å². The van der Waals surface area contributed by atoms with Crippen LogP contribution in [0.1, 0.15) is 29.0 Å². The first kappa shape index (κ1) is 12.2. The van der Waals surface area contributed by atoms with Crippen LogP contribution in [0.2, 0.25) is 0 Å². The Bertz CT molecular complexity index is 454. The molecule has 3 nitrogen and oxygen atoms in total. The van der Waals surface area contributed by atoms with E-state index in [4.69, 9.17) is 5.73 Å². The van der Waals surface area contributed by atoms with Crippen LogP contribution in [-0.4, -0.2) is 11.9 Å². The third kappa shape index (κ3) is 2.08. The third-order valence-corrected chi connectivity index (χ3v) is 5.52. The zero-order valence-corrected chi connectivity index (χ0v) is 11.5. The normalized spacial score (nSPS) is 33.9. The van der Waals surface area contributed by atoms with Crippen LogP contribution in [0, 0.1) is 24.7 Å². The maximum atomic E-state index is 12.2. The topological polar surface area (TPSA) is 55.1 Å². The van der Waals surface area contributed by atoms with E-state index >= 15 is 0 Å². The molecule has 2 saturated carbocycles. The maximum Gasteiger partial charge on any atom is 0.225 e. The Morgan fingerprint density at radius 3 is 2.83 bits per heavy atom. The van der Waals surface area contributed by atoms with Crippen LogP contribution in [-0.2, 0) is 11.3 Å². The van der Waals surface area contributed by atoms with E-state index in [1.165, 1.54) is 22.6 Å². The molecule has 0 saturated heterocycles. The fourth-order valence-corrected chi connectivity index (χ4v) is 4.43. The molecule has 4 atom stereocenters. The van der Waals surface area contributed by atoms with Gasteiger partial charge in [0, 0.05) is 15.8 Å². The summed E-state index contributed by atoms with van der Waals surface area (Å²) in [6.07, 6.45) is 3.58. The van der Waals surface area contributed by atoms with Crippen LogP contribution in [0.25, 0.3) is 0 Å². The number of hydrogen-bond donors (Lipinski definition) is 2. The summed E-state index contributed by atoms with van der Waals surface area (Å²) in [5.74, 6) is 1.36. The molecule has 0 aliphatic heterocycles. The Morgan fingerprint density at radius 2 is 2.22 bits per heavy atom. The second-order valence-corrected chi connectivity index (χ2v) is 7.04. The minimum atomic E-state index is 0.0600. The highest BCUT2D eigenvalue weighted by molar-refractivity contribution is 7.11. The van der Waals surface area contributed by atoms with Gasteiger partial charge in [-0.05, 0) is 50.2 Å². The quantitative estimate of drug-likeness (QED) is 0.878. The van der Waals surface area contributed by atoms with Gasteiger partial charge in [-0.3, -0.25) is 4.79 Å². The molecule has 2 aliphatic carbocycles. The lowest BCUT2D eigenvalue weighted by Crippen LogP contribution is -2.45. The van der Waals surface area contributed by atoms with E-state index < -0.39 is 0 Å². The molecule has 18 heavy (non-hydrogen) atoms. The lowest BCUT2D eigenvalue weighted by Gasteiger charge is -2.26. The first-order valence-corrected chi connectivity index (χ1v) is 7.55. The standard InChI is InChI=1S/C14H20N2OS/c1-8-2-5-11(18-8)7-16-14(17)12-9-3-4-10(6-9)13(12)15/h2,5,9-10,12-13H,3-4,6-7,15H2,1H3,(H,16,17). The summed E-state index contributed by atoms with van der Waals surface area (Å²) >= 11 is 1.74. The number of hydrogen-bond acceptors (Lipinski definition) is 3. The Hall–Kier alpha value is -0.870. The van der Waals surface area contributed by atoms with Gasteiger partial charge in [0.25, 0.3) is 0 Å². The molecule has 1 heterocycles. The number of carbonyl (C=O) groups is 1. The molecule has 1 amide bonds. The molecular weight excluding hydrogens is 244 g/mol. The lowest BCUT2D eigenvalue weighted by atomic mass is 9.84. The smallest absolute Gasteiger partial charge is 0.225 e.